The molecule has 0 saturated heterocycles. The molecule has 0 fully saturated rings. The highest BCUT2D eigenvalue weighted by Gasteiger charge is 2.15. The van der Waals surface area contributed by atoms with E-state index < -0.39 is 0 Å². The standard InChI is InChI=1S/C13H20N2/c1-11-5-6-13-12(10-11)4-2-8-15(13)9-3-7-14/h5-6,10H,2-4,7-9,14H2,1H3. The van der Waals surface area contributed by atoms with Crippen LogP contribution in [-0.2, 0) is 6.42 Å². The Hall–Kier alpha value is -1.02. The van der Waals surface area contributed by atoms with Crippen LogP contribution in [0.3, 0.4) is 0 Å². The van der Waals surface area contributed by atoms with E-state index in [1.54, 1.807) is 0 Å². The fraction of sp³-hybridized carbons (Fsp3) is 0.538. The van der Waals surface area contributed by atoms with Gasteiger partial charge >= 0.3 is 0 Å². The van der Waals surface area contributed by atoms with Gasteiger partial charge in [-0.2, -0.15) is 0 Å². The Kier molecular flexibility index (Phi) is 3.27. The first-order valence-corrected chi connectivity index (χ1v) is 5.86. The van der Waals surface area contributed by atoms with Gasteiger partial charge in [-0.05, 0) is 44.4 Å². The predicted octanol–water partition coefficient (Wildman–Crippen LogP) is 2.10. The molecule has 1 aromatic carbocycles. The number of nitrogens with zero attached hydrogens (tertiary/aromatic N) is 1. The Balaban J connectivity index is 2.18. The molecule has 0 amide bonds. The van der Waals surface area contributed by atoms with Crippen LogP contribution in [0.4, 0.5) is 5.69 Å². The number of nitrogens with two attached hydrogens (primary N) is 1. The zero-order valence-corrected chi connectivity index (χ0v) is 9.50. The summed E-state index contributed by atoms with van der Waals surface area (Å²) in [6.45, 7) is 5.25. The second-order valence-electron chi connectivity index (χ2n) is 4.36. The number of anilines is 1. The fourth-order valence-electron chi connectivity index (χ4n) is 2.32. The molecule has 1 aliphatic heterocycles. The summed E-state index contributed by atoms with van der Waals surface area (Å²) in [5.41, 5.74) is 9.88. The van der Waals surface area contributed by atoms with Crippen LogP contribution in [0.5, 0.6) is 0 Å². The molecule has 0 unspecified atom stereocenters. The second-order valence-corrected chi connectivity index (χ2v) is 4.36. The molecule has 0 bridgehead atoms. The first-order valence-electron chi connectivity index (χ1n) is 5.86. The van der Waals surface area contributed by atoms with Crippen molar-refractivity contribution in [1.82, 2.24) is 0 Å². The molecule has 2 N–H and O–H groups in total. The van der Waals surface area contributed by atoms with Gasteiger partial charge in [0.25, 0.3) is 0 Å². The lowest BCUT2D eigenvalue weighted by atomic mass is 9.99. The minimum Gasteiger partial charge on any atom is -0.371 e. The van der Waals surface area contributed by atoms with Crippen LogP contribution in [-0.4, -0.2) is 19.6 Å². The normalized spacial score (nSPS) is 15.2. The minimum atomic E-state index is 0.789. The Morgan fingerprint density at radius 1 is 1.40 bits per heavy atom. The van der Waals surface area contributed by atoms with E-state index in [4.69, 9.17) is 5.73 Å². The quantitative estimate of drug-likeness (QED) is 0.817. The summed E-state index contributed by atoms with van der Waals surface area (Å²) in [6.07, 6.45) is 3.60. The van der Waals surface area contributed by atoms with Gasteiger partial charge in [0, 0.05) is 18.8 Å². The number of hydrogen-bond donors (Lipinski definition) is 1. The van der Waals surface area contributed by atoms with E-state index in [0.717, 1.165) is 19.5 Å². The third kappa shape index (κ3) is 2.32. The Labute approximate surface area is 92.1 Å². The molecular weight excluding hydrogens is 184 g/mol. The van der Waals surface area contributed by atoms with Gasteiger partial charge in [0.1, 0.15) is 0 Å². The summed E-state index contributed by atoms with van der Waals surface area (Å²) in [6, 6.07) is 6.80. The van der Waals surface area contributed by atoms with E-state index in [1.165, 1.54) is 36.2 Å². The number of rotatable bonds is 3. The molecule has 0 aromatic heterocycles. The third-order valence-corrected chi connectivity index (χ3v) is 3.08. The summed E-state index contributed by atoms with van der Waals surface area (Å²) >= 11 is 0. The highest BCUT2D eigenvalue weighted by Crippen LogP contribution is 2.27. The molecular formula is C13H20N2. The van der Waals surface area contributed by atoms with Crippen LogP contribution in [0.15, 0.2) is 18.2 Å². The van der Waals surface area contributed by atoms with Crippen molar-refractivity contribution >= 4 is 5.69 Å². The molecule has 1 aromatic rings. The van der Waals surface area contributed by atoms with E-state index in [2.05, 4.69) is 30.0 Å². The van der Waals surface area contributed by atoms with Crippen molar-refractivity contribution in [2.24, 2.45) is 5.73 Å². The molecule has 0 spiro atoms. The van der Waals surface area contributed by atoms with E-state index in [1.807, 2.05) is 0 Å². The molecule has 0 radical (unpaired) electrons. The summed E-state index contributed by atoms with van der Waals surface area (Å²) in [5.74, 6) is 0. The summed E-state index contributed by atoms with van der Waals surface area (Å²) in [7, 11) is 0. The van der Waals surface area contributed by atoms with Crippen molar-refractivity contribution in [1.29, 1.82) is 0 Å². The zero-order chi connectivity index (χ0) is 10.7. The molecule has 2 nitrogen and oxygen atoms in total. The molecule has 2 rings (SSSR count). The molecule has 0 atom stereocenters. The van der Waals surface area contributed by atoms with E-state index >= 15 is 0 Å². The van der Waals surface area contributed by atoms with E-state index in [0.29, 0.717) is 0 Å². The molecule has 2 heteroatoms. The third-order valence-electron chi connectivity index (χ3n) is 3.08. The van der Waals surface area contributed by atoms with Crippen LogP contribution in [0, 0.1) is 6.92 Å². The molecule has 82 valence electrons. The molecule has 0 aliphatic carbocycles. The largest absolute Gasteiger partial charge is 0.371 e. The first-order chi connectivity index (χ1) is 7.31. The van der Waals surface area contributed by atoms with Gasteiger partial charge in [0.2, 0.25) is 0 Å². The van der Waals surface area contributed by atoms with Gasteiger partial charge in [-0.15, -0.1) is 0 Å². The lowest BCUT2D eigenvalue weighted by Gasteiger charge is -2.31. The summed E-state index contributed by atoms with van der Waals surface area (Å²) in [4.78, 5) is 2.48. The van der Waals surface area contributed by atoms with Crippen LogP contribution in [0.2, 0.25) is 0 Å². The van der Waals surface area contributed by atoms with Gasteiger partial charge in [0.15, 0.2) is 0 Å². The number of hydrogen-bond acceptors (Lipinski definition) is 2. The minimum absolute atomic E-state index is 0.789. The van der Waals surface area contributed by atoms with Crippen LogP contribution in [0.1, 0.15) is 24.0 Å². The van der Waals surface area contributed by atoms with Crippen molar-refractivity contribution in [2.75, 3.05) is 24.5 Å². The lowest BCUT2D eigenvalue weighted by molar-refractivity contribution is 0.668. The monoisotopic (exact) mass is 204 g/mol. The topological polar surface area (TPSA) is 29.3 Å². The average molecular weight is 204 g/mol. The second kappa shape index (κ2) is 4.67. The number of aryl methyl sites for hydroxylation is 2. The predicted molar refractivity (Wildman–Crippen MR) is 65.4 cm³/mol. The van der Waals surface area contributed by atoms with Crippen molar-refractivity contribution in [2.45, 2.75) is 26.2 Å². The van der Waals surface area contributed by atoms with E-state index in [9.17, 15) is 0 Å². The highest BCUT2D eigenvalue weighted by molar-refractivity contribution is 5.56. The van der Waals surface area contributed by atoms with Crippen molar-refractivity contribution in [3.8, 4) is 0 Å². The summed E-state index contributed by atoms with van der Waals surface area (Å²) < 4.78 is 0. The van der Waals surface area contributed by atoms with E-state index in [-0.39, 0.29) is 0 Å². The first kappa shape index (κ1) is 10.5. The Bertz CT molecular complexity index is 333. The maximum atomic E-state index is 5.56. The molecule has 1 heterocycles. The van der Waals surface area contributed by atoms with Gasteiger partial charge in [-0.25, -0.2) is 0 Å². The molecule has 15 heavy (non-hydrogen) atoms. The van der Waals surface area contributed by atoms with Crippen LogP contribution >= 0.6 is 0 Å². The molecule has 0 saturated carbocycles. The SMILES string of the molecule is Cc1ccc2c(c1)CCCN2CCCN. The van der Waals surface area contributed by atoms with Gasteiger partial charge in [0.05, 0.1) is 0 Å². The van der Waals surface area contributed by atoms with Crippen LogP contribution in [0.25, 0.3) is 0 Å². The van der Waals surface area contributed by atoms with Gasteiger partial charge in [-0.3, -0.25) is 0 Å². The van der Waals surface area contributed by atoms with Gasteiger partial charge in [-0.1, -0.05) is 17.7 Å². The van der Waals surface area contributed by atoms with Crippen molar-refractivity contribution in [3.63, 3.8) is 0 Å². The Morgan fingerprint density at radius 2 is 2.27 bits per heavy atom. The maximum Gasteiger partial charge on any atom is 0.0398 e. The van der Waals surface area contributed by atoms with Gasteiger partial charge < -0.3 is 10.6 Å². The smallest absolute Gasteiger partial charge is 0.0398 e. The lowest BCUT2D eigenvalue weighted by Crippen LogP contribution is -2.31. The summed E-state index contributed by atoms with van der Waals surface area (Å²) in [5, 5.41) is 0. The maximum absolute atomic E-state index is 5.56. The van der Waals surface area contributed by atoms with Crippen molar-refractivity contribution < 1.29 is 0 Å². The Morgan fingerprint density at radius 3 is 3.07 bits per heavy atom. The highest BCUT2D eigenvalue weighted by atomic mass is 15.1. The number of fused-ring (bicyclic) bond motifs is 1. The van der Waals surface area contributed by atoms with Crippen LogP contribution < -0.4 is 10.6 Å². The van der Waals surface area contributed by atoms with Crippen molar-refractivity contribution in [3.05, 3.63) is 29.3 Å². The molecule has 1 aliphatic rings. The number of benzene rings is 1. The fourth-order valence-corrected chi connectivity index (χ4v) is 2.32. The zero-order valence-electron chi connectivity index (χ0n) is 9.50. The average Bonchev–Trinajstić information content (AvgIpc) is 2.25.